The SMILES string of the molecule is C=C.C=C(C)C1C=CC(Cc2ccccc2)=CC1.CC.CC.CC.CC. The number of rotatable bonds is 3. The number of allylic oxidation sites excluding steroid dienone is 5. The summed E-state index contributed by atoms with van der Waals surface area (Å²) in [5.74, 6) is 0.541. The fourth-order valence-electron chi connectivity index (χ4n) is 1.99. The molecule has 0 bridgehead atoms. The van der Waals surface area contributed by atoms with E-state index in [0.717, 1.165) is 12.8 Å². The topological polar surface area (TPSA) is 0 Å². The first kappa shape index (κ1) is 31.9. The summed E-state index contributed by atoms with van der Waals surface area (Å²) in [4.78, 5) is 0. The molecule has 0 spiro atoms. The Bertz CT molecular complexity index is 434. The molecule has 0 aromatic heterocycles. The average Bonchev–Trinajstić information content (AvgIpc) is 2.76. The van der Waals surface area contributed by atoms with Crippen molar-refractivity contribution in [1.82, 2.24) is 0 Å². The van der Waals surface area contributed by atoms with E-state index < -0.39 is 0 Å². The van der Waals surface area contributed by atoms with Crippen molar-refractivity contribution < 1.29 is 0 Å². The van der Waals surface area contributed by atoms with E-state index in [1.165, 1.54) is 16.7 Å². The van der Waals surface area contributed by atoms with Gasteiger partial charge in [0.25, 0.3) is 0 Å². The van der Waals surface area contributed by atoms with Gasteiger partial charge in [-0.2, -0.15) is 0 Å². The summed E-state index contributed by atoms with van der Waals surface area (Å²) >= 11 is 0. The molecule has 1 aliphatic carbocycles. The summed E-state index contributed by atoms with van der Waals surface area (Å²) in [5.41, 5.74) is 4.06. The van der Waals surface area contributed by atoms with Crippen LogP contribution in [0.15, 0.2) is 79.4 Å². The minimum Gasteiger partial charge on any atom is -0.106 e. The van der Waals surface area contributed by atoms with Crippen LogP contribution in [0.4, 0.5) is 0 Å². The van der Waals surface area contributed by atoms with Crippen LogP contribution in [0.1, 0.15) is 74.3 Å². The monoisotopic (exact) mass is 358 g/mol. The number of hydrogen-bond donors (Lipinski definition) is 0. The molecule has 0 heterocycles. The van der Waals surface area contributed by atoms with Crippen LogP contribution in [0.5, 0.6) is 0 Å². The van der Waals surface area contributed by atoms with E-state index in [2.05, 4.69) is 75.2 Å². The molecule has 0 aliphatic heterocycles. The smallest absolute Gasteiger partial charge is 0.000921 e. The predicted octanol–water partition coefficient (Wildman–Crippen LogP) is 9.21. The Morgan fingerprint density at radius 1 is 0.885 bits per heavy atom. The largest absolute Gasteiger partial charge is 0.106 e. The number of hydrogen-bond acceptors (Lipinski definition) is 0. The van der Waals surface area contributed by atoms with Crippen LogP contribution in [-0.4, -0.2) is 0 Å². The second-order valence-corrected chi connectivity index (χ2v) is 4.49. The van der Waals surface area contributed by atoms with E-state index in [9.17, 15) is 0 Å². The Morgan fingerprint density at radius 2 is 1.35 bits per heavy atom. The highest BCUT2D eigenvalue weighted by molar-refractivity contribution is 5.32. The van der Waals surface area contributed by atoms with Gasteiger partial charge in [0.05, 0.1) is 0 Å². The molecule has 1 aliphatic rings. The lowest BCUT2D eigenvalue weighted by molar-refractivity contribution is 0.760. The van der Waals surface area contributed by atoms with Crippen LogP contribution in [-0.2, 0) is 6.42 Å². The summed E-state index contributed by atoms with van der Waals surface area (Å²) in [7, 11) is 0. The van der Waals surface area contributed by atoms with Crippen molar-refractivity contribution in [2.45, 2.75) is 75.2 Å². The van der Waals surface area contributed by atoms with Crippen molar-refractivity contribution in [2.24, 2.45) is 5.92 Å². The van der Waals surface area contributed by atoms with Gasteiger partial charge in [0.15, 0.2) is 0 Å². The first-order valence-corrected chi connectivity index (χ1v) is 10.3. The third-order valence-electron chi connectivity index (χ3n) is 3.06. The zero-order valence-electron chi connectivity index (χ0n) is 19.2. The van der Waals surface area contributed by atoms with E-state index >= 15 is 0 Å². The van der Waals surface area contributed by atoms with Gasteiger partial charge in [-0.15, -0.1) is 13.2 Å². The molecular formula is C26H46. The summed E-state index contributed by atoms with van der Waals surface area (Å²) in [5, 5.41) is 0. The lowest BCUT2D eigenvalue weighted by Gasteiger charge is -2.16. The van der Waals surface area contributed by atoms with Crippen LogP contribution in [0, 0.1) is 5.92 Å². The summed E-state index contributed by atoms with van der Waals surface area (Å²) < 4.78 is 0. The van der Waals surface area contributed by atoms with Crippen molar-refractivity contribution in [1.29, 1.82) is 0 Å². The van der Waals surface area contributed by atoms with Crippen LogP contribution >= 0.6 is 0 Å². The molecule has 0 N–H and O–H groups in total. The molecule has 0 radical (unpaired) electrons. The Kier molecular flexibility index (Phi) is 34.4. The van der Waals surface area contributed by atoms with E-state index in [-0.39, 0.29) is 0 Å². The van der Waals surface area contributed by atoms with Gasteiger partial charge in [0.1, 0.15) is 0 Å². The molecule has 26 heavy (non-hydrogen) atoms. The third kappa shape index (κ3) is 17.0. The molecule has 0 fully saturated rings. The van der Waals surface area contributed by atoms with Crippen LogP contribution in [0.3, 0.4) is 0 Å². The van der Waals surface area contributed by atoms with Gasteiger partial charge < -0.3 is 0 Å². The minimum atomic E-state index is 0.541. The summed E-state index contributed by atoms with van der Waals surface area (Å²) in [6.45, 7) is 28.1. The molecule has 1 aromatic carbocycles. The van der Waals surface area contributed by atoms with Crippen molar-refractivity contribution in [3.05, 3.63) is 85.0 Å². The Hall–Kier alpha value is -1.82. The predicted molar refractivity (Wildman–Crippen MR) is 127 cm³/mol. The first-order chi connectivity index (χ1) is 12.8. The van der Waals surface area contributed by atoms with E-state index in [1.807, 2.05) is 55.4 Å². The molecular weight excluding hydrogens is 312 g/mol. The fourth-order valence-corrected chi connectivity index (χ4v) is 1.99. The van der Waals surface area contributed by atoms with Crippen LogP contribution in [0.25, 0.3) is 0 Å². The van der Waals surface area contributed by atoms with Gasteiger partial charge in [-0.25, -0.2) is 0 Å². The molecule has 0 saturated heterocycles. The van der Waals surface area contributed by atoms with Crippen molar-refractivity contribution in [3.8, 4) is 0 Å². The standard InChI is InChI=1S/C16H18.4C2H6.C2H4/c1-13(2)16-10-8-15(9-11-16)12-14-6-4-3-5-7-14;5*1-2/h3-10,16H,1,11-12H2,2H3;4*1-2H3;1-2H2. The van der Waals surface area contributed by atoms with Gasteiger partial charge in [0, 0.05) is 5.92 Å². The summed E-state index contributed by atoms with van der Waals surface area (Å²) in [6.07, 6.45) is 9.01. The van der Waals surface area contributed by atoms with E-state index in [4.69, 9.17) is 0 Å². The zero-order chi connectivity index (χ0) is 21.4. The van der Waals surface area contributed by atoms with Gasteiger partial charge in [-0.1, -0.05) is 116 Å². The molecule has 2 rings (SSSR count). The molecule has 0 amide bonds. The van der Waals surface area contributed by atoms with Gasteiger partial charge in [-0.3, -0.25) is 0 Å². The number of benzene rings is 1. The minimum absolute atomic E-state index is 0.541. The van der Waals surface area contributed by atoms with Crippen LogP contribution in [0.2, 0.25) is 0 Å². The fraction of sp³-hybridized carbons (Fsp3) is 0.462. The highest BCUT2D eigenvalue weighted by Gasteiger charge is 2.08. The molecule has 1 atom stereocenters. The highest BCUT2D eigenvalue weighted by atomic mass is 14.1. The molecule has 1 unspecified atom stereocenters. The molecule has 0 heteroatoms. The lowest BCUT2D eigenvalue weighted by atomic mass is 9.90. The normalized spacial score (nSPS) is 13.0. The second-order valence-electron chi connectivity index (χ2n) is 4.49. The van der Waals surface area contributed by atoms with Crippen molar-refractivity contribution >= 4 is 0 Å². The molecule has 0 saturated carbocycles. The van der Waals surface area contributed by atoms with Crippen LogP contribution < -0.4 is 0 Å². The molecule has 150 valence electrons. The quantitative estimate of drug-likeness (QED) is 0.472. The van der Waals surface area contributed by atoms with Gasteiger partial charge in [-0.05, 0) is 30.9 Å². The average molecular weight is 359 g/mol. The Balaban J connectivity index is -0.000000210. The maximum Gasteiger partial charge on any atom is 0.000921 e. The van der Waals surface area contributed by atoms with E-state index in [1.54, 1.807) is 0 Å². The first-order valence-electron chi connectivity index (χ1n) is 10.3. The zero-order valence-corrected chi connectivity index (χ0v) is 19.2. The second kappa shape index (κ2) is 28.0. The van der Waals surface area contributed by atoms with Gasteiger partial charge >= 0.3 is 0 Å². The lowest BCUT2D eigenvalue weighted by Crippen LogP contribution is -2.01. The van der Waals surface area contributed by atoms with E-state index in [0.29, 0.717) is 5.92 Å². The molecule has 1 aromatic rings. The van der Waals surface area contributed by atoms with Gasteiger partial charge in [0.2, 0.25) is 0 Å². The Labute approximate surface area is 166 Å². The Morgan fingerprint density at radius 3 is 1.69 bits per heavy atom. The maximum absolute atomic E-state index is 4.01. The maximum atomic E-state index is 4.01. The van der Waals surface area contributed by atoms with Crippen molar-refractivity contribution in [3.63, 3.8) is 0 Å². The molecule has 0 nitrogen and oxygen atoms in total. The van der Waals surface area contributed by atoms with Crippen molar-refractivity contribution in [2.75, 3.05) is 0 Å². The third-order valence-corrected chi connectivity index (χ3v) is 3.06. The summed E-state index contributed by atoms with van der Waals surface area (Å²) in [6, 6.07) is 10.6. The highest BCUT2D eigenvalue weighted by Crippen LogP contribution is 2.23.